The predicted molar refractivity (Wildman–Crippen MR) is 253 cm³/mol. The zero-order chi connectivity index (χ0) is 41.1. The van der Waals surface area contributed by atoms with Gasteiger partial charge in [0.15, 0.2) is 0 Å². The highest BCUT2D eigenvalue weighted by Gasteiger charge is 2.33. The van der Waals surface area contributed by atoms with Crippen molar-refractivity contribution in [1.82, 2.24) is 9.55 Å². The van der Waals surface area contributed by atoms with Gasteiger partial charge in [0.1, 0.15) is 24.0 Å². The van der Waals surface area contributed by atoms with E-state index in [0.29, 0.717) is 6.67 Å². The zero-order valence-electron chi connectivity index (χ0n) is 35.0. The Kier molecular flexibility index (Phi) is 9.00. The molecule has 5 nitrogen and oxygen atoms in total. The van der Waals surface area contributed by atoms with Crippen LogP contribution >= 0.6 is 0 Å². The summed E-state index contributed by atoms with van der Waals surface area (Å²) in [6.07, 6.45) is 6.57. The third-order valence-corrected chi connectivity index (χ3v) is 12.6. The summed E-state index contributed by atoms with van der Waals surface area (Å²) >= 11 is 0. The highest BCUT2D eigenvalue weighted by Crippen LogP contribution is 2.52. The van der Waals surface area contributed by atoms with E-state index in [1.54, 1.807) is 0 Å². The minimum atomic E-state index is -0.00245. The molecule has 0 amide bonds. The summed E-state index contributed by atoms with van der Waals surface area (Å²) in [6, 6.07) is 61.3. The molecule has 0 saturated carbocycles. The van der Waals surface area contributed by atoms with Crippen LogP contribution in [0.5, 0.6) is 11.5 Å². The number of anilines is 4. The van der Waals surface area contributed by atoms with Crippen molar-refractivity contribution < 1.29 is 4.74 Å². The van der Waals surface area contributed by atoms with E-state index in [4.69, 9.17) is 9.72 Å². The summed E-state index contributed by atoms with van der Waals surface area (Å²) < 4.78 is 9.06. The summed E-state index contributed by atoms with van der Waals surface area (Å²) in [5, 5.41) is 2.36. The van der Waals surface area contributed by atoms with Crippen molar-refractivity contribution in [2.45, 2.75) is 51.9 Å². The van der Waals surface area contributed by atoms with Crippen LogP contribution in [0.25, 0.3) is 49.9 Å². The van der Waals surface area contributed by atoms with Crippen molar-refractivity contribution in [2.24, 2.45) is 0 Å². The van der Waals surface area contributed by atoms with E-state index in [-0.39, 0.29) is 5.41 Å². The predicted octanol–water partition coefficient (Wildman–Crippen LogP) is 14.7. The van der Waals surface area contributed by atoms with Gasteiger partial charge in [-0.25, -0.2) is 4.98 Å². The van der Waals surface area contributed by atoms with Crippen LogP contribution in [0.1, 0.15) is 50.3 Å². The van der Waals surface area contributed by atoms with Crippen molar-refractivity contribution in [3.05, 3.63) is 193 Å². The molecule has 9 aromatic rings. The van der Waals surface area contributed by atoms with E-state index in [0.717, 1.165) is 46.9 Å². The van der Waals surface area contributed by atoms with Crippen molar-refractivity contribution >= 4 is 44.6 Å². The molecule has 0 unspecified atom stereocenters. The number of benzene rings is 7. The Labute approximate surface area is 358 Å². The molecule has 0 bridgehead atoms. The van der Waals surface area contributed by atoms with E-state index in [1.165, 1.54) is 79.6 Å². The molecule has 0 fully saturated rings. The smallest absolute Gasteiger partial charge is 0.137 e. The van der Waals surface area contributed by atoms with Gasteiger partial charge in [-0.05, 0) is 120 Å². The fraction of sp³-hybridized carbons (Fsp3) is 0.161. The van der Waals surface area contributed by atoms with Crippen molar-refractivity contribution in [2.75, 3.05) is 16.5 Å². The van der Waals surface area contributed by atoms with Gasteiger partial charge in [-0.3, -0.25) is 4.57 Å². The second-order valence-corrected chi connectivity index (χ2v) is 17.5. The van der Waals surface area contributed by atoms with Gasteiger partial charge in [-0.1, -0.05) is 118 Å². The van der Waals surface area contributed by atoms with Crippen LogP contribution in [-0.2, 0) is 18.3 Å². The van der Waals surface area contributed by atoms with Gasteiger partial charge in [0.25, 0.3) is 0 Å². The second-order valence-electron chi connectivity index (χ2n) is 17.5. The Morgan fingerprint density at radius 1 is 0.557 bits per heavy atom. The lowest BCUT2D eigenvalue weighted by molar-refractivity contribution is 0.483. The van der Waals surface area contributed by atoms with Gasteiger partial charge in [-0.15, -0.1) is 0 Å². The molecule has 1 aliphatic heterocycles. The number of rotatable bonds is 7. The van der Waals surface area contributed by atoms with Crippen LogP contribution in [0.4, 0.5) is 22.7 Å². The summed E-state index contributed by atoms with van der Waals surface area (Å²) in [5.41, 5.74) is 16.3. The Morgan fingerprint density at radius 3 is 2.05 bits per heavy atom. The van der Waals surface area contributed by atoms with Gasteiger partial charge in [0.2, 0.25) is 0 Å². The molecule has 11 rings (SSSR count). The number of ether oxygens (including phenoxy) is 1. The third-order valence-electron chi connectivity index (χ3n) is 12.6. The summed E-state index contributed by atoms with van der Waals surface area (Å²) in [7, 11) is 0. The SMILES string of the molecule is CC(C)(C)c1ccnc(-n2c3ccccc3c3ccc(Oc4cccc(N5CN(c6c(-c7ccccc7)cc7c(c6-c6ccccc6)CCCC7)c6ccccc65)c4)cc32)c1. The van der Waals surface area contributed by atoms with Gasteiger partial charge >= 0.3 is 0 Å². The van der Waals surface area contributed by atoms with Crippen molar-refractivity contribution in [3.8, 4) is 39.6 Å². The summed E-state index contributed by atoms with van der Waals surface area (Å²) in [5.74, 6) is 2.46. The monoisotopic (exact) mass is 792 g/mol. The van der Waals surface area contributed by atoms with Crippen LogP contribution in [0, 0.1) is 0 Å². The number of para-hydroxylation sites is 3. The van der Waals surface area contributed by atoms with Crippen LogP contribution < -0.4 is 14.5 Å². The molecular formula is C56H48N4O. The molecule has 3 heterocycles. The molecule has 0 atom stereocenters. The topological polar surface area (TPSA) is 33.5 Å². The van der Waals surface area contributed by atoms with Gasteiger partial charge in [0, 0.05) is 45.9 Å². The highest BCUT2D eigenvalue weighted by atomic mass is 16.5. The molecular weight excluding hydrogens is 745 g/mol. The Hall–Kier alpha value is -7.11. The molecule has 2 aromatic heterocycles. The maximum atomic E-state index is 6.79. The first-order chi connectivity index (χ1) is 29.9. The molecule has 0 saturated heterocycles. The molecule has 0 N–H and O–H groups in total. The molecule has 2 aliphatic rings. The lowest BCUT2D eigenvalue weighted by atomic mass is 9.81. The fourth-order valence-electron chi connectivity index (χ4n) is 9.67. The van der Waals surface area contributed by atoms with E-state index in [2.05, 4.69) is 205 Å². The largest absolute Gasteiger partial charge is 0.457 e. The maximum Gasteiger partial charge on any atom is 0.137 e. The molecule has 7 aromatic carbocycles. The number of hydrogen-bond donors (Lipinski definition) is 0. The second kappa shape index (κ2) is 14.9. The molecule has 5 heteroatoms. The number of fused-ring (bicyclic) bond motifs is 5. The first-order valence-corrected chi connectivity index (χ1v) is 21.6. The standard InChI is InChI=1S/C56H48N4O/c1-56(2,3)41-31-32-57-53(34-41)60-49-26-13-12-25-46(49)47-30-29-44(36-52(47)60)61-43-23-16-22-42(35-43)58-37-59(51-28-15-14-27-50(51)58)55-48(38-17-6-4-7-18-38)33-40-21-10-11-24-45(40)54(55)39-19-8-5-9-20-39/h4-9,12-20,22-23,25-36H,10-11,21,24,37H2,1-3H3. The average Bonchev–Trinajstić information content (AvgIpc) is 3.85. The fourth-order valence-corrected chi connectivity index (χ4v) is 9.67. The van der Waals surface area contributed by atoms with Gasteiger partial charge in [-0.2, -0.15) is 0 Å². The van der Waals surface area contributed by atoms with Crippen LogP contribution in [-0.4, -0.2) is 16.2 Å². The zero-order valence-corrected chi connectivity index (χ0v) is 35.0. The minimum absolute atomic E-state index is 0.00245. The third kappa shape index (κ3) is 6.52. The number of aryl methyl sites for hydroxylation is 1. The number of hydrogen-bond acceptors (Lipinski definition) is 4. The van der Waals surface area contributed by atoms with Crippen molar-refractivity contribution in [3.63, 3.8) is 0 Å². The molecule has 0 spiro atoms. The van der Waals surface area contributed by atoms with E-state index >= 15 is 0 Å². The lowest BCUT2D eigenvalue weighted by Crippen LogP contribution is -2.25. The quantitative estimate of drug-likeness (QED) is 0.161. The lowest BCUT2D eigenvalue weighted by Gasteiger charge is -2.31. The number of nitrogens with zero attached hydrogens (tertiary/aromatic N) is 4. The first kappa shape index (κ1) is 36.9. The highest BCUT2D eigenvalue weighted by molar-refractivity contribution is 6.09. The maximum absolute atomic E-state index is 6.79. The average molecular weight is 793 g/mol. The normalized spacial score (nSPS) is 13.8. The van der Waals surface area contributed by atoms with Gasteiger partial charge < -0.3 is 14.5 Å². The molecule has 1 aliphatic carbocycles. The van der Waals surface area contributed by atoms with Crippen LogP contribution in [0.2, 0.25) is 0 Å². The first-order valence-electron chi connectivity index (χ1n) is 21.6. The van der Waals surface area contributed by atoms with Crippen LogP contribution in [0.3, 0.4) is 0 Å². The van der Waals surface area contributed by atoms with E-state index in [1.807, 2.05) is 6.20 Å². The van der Waals surface area contributed by atoms with Crippen molar-refractivity contribution in [1.29, 1.82) is 0 Å². The van der Waals surface area contributed by atoms with E-state index < -0.39 is 0 Å². The summed E-state index contributed by atoms with van der Waals surface area (Å²) in [6.45, 7) is 7.39. The van der Waals surface area contributed by atoms with Gasteiger partial charge in [0.05, 0.1) is 28.1 Å². The van der Waals surface area contributed by atoms with Crippen LogP contribution in [0.15, 0.2) is 176 Å². The molecule has 0 radical (unpaired) electrons. The number of aromatic nitrogens is 2. The molecule has 61 heavy (non-hydrogen) atoms. The Balaban J connectivity index is 0.997. The Morgan fingerprint density at radius 2 is 1.25 bits per heavy atom. The molecule has 298 valence electrons. The van der Waals surface area contributed by atoms with E-state index in [9.17, 15) is 0 Å². The Bertz CT molecular complexity index is 3090. The summed E-state index contributed by atoms with van der Waals surface area (Å²) in [4.78, 5) is 9.87. The number of pyridine rings is 1. The minimum Gasteiger partial charge on any atom is -0.457 e.